The molecule has 0 amide bonds. The standard InChI is InChI=1S/C13H23N3/c1-3-16(4-2)8-7-12-9-11(10-14)5-6-13(12)15/h5-6,9H,3-4,7-8,10,14-15H2,1-2H3. The second-order valence-corrected chi connectivity index (χ2v) is 4.01. The molecule has 1 aromatic carbocycles. The Hall–Kier alpha value is -1.06. The van der Waals surface area contributed by atoms with Crippen LogP contribution < -0.4 is 11.5 Å². The predicted molar refractivity (Wildman–Crippen MR) is 70.2 cm³/mol. The Kier molecular flexibility index (Phi) is 5.29. The summed E-state index contributed by atoms with van der Waals surface area (Å²) in [5, 5.41) is 0. The van der Waals surface area contributed by atoms with Crippen molar-refractivity contribution in [1.29, 1.82) is 0 Å². The smallest absolute Gasteiger partial charge is 0.0347 e. The van der Waals surface area contributed by atoms with E-state index >= 15 is 0 Å². The number of benzene rings is 1. The van der Waals surface area contributed by atoms with Crippen LogP contribution in [-0.4, -0.2) is 24.5 Å². The molecule has 16 heavy (non-hydrogen) atoms. The summed E-state index contributed by atoms with van der Waals surface area (Å²) in [5.41, 5.74) is 14.8. The monoisotopic (exact) mass is 221 g/mol. The van der Waals surface area contributed by atoms with Crippen LogP contribution in [0.4, 0.5) is 5.69 Å². The molecule has 3 heteroatoms. The molecule has 0 atom stereocenters. The molecule has 0 radical (unpaired) electrons. The SMILES string of the molecule is CCN(CC)CCc1cc(CN)ccc1N. The van der Waals surface area contributed by atoms with Crippen LogP contribution in [0, 0.1) is 0 Å². The zero-order valence-electron chi connectivity index (χ0n) is 10.4. The van der Waals surface area contributed by atoms with E-state index in [1.54, 1.807) is 0 Å². The van der Waals surface area contributed by atoms with E-state index in [9.17, 15) is 0 Å². The van der Waals surface area contributed by atoms with Crippen molar-refractivity contribution in [1.82, 2.24) is 4.90 Å². The first kappa shape index (κ1) is 13.0. The minimum absolute atomic E-state index is 0.582. The topological polar surface area (TPSA) is 55.3 Å². The summed E-state index contributed by atoms with van der Waals surface area (Å²) in [4.78, 5) is 2.40. The number of likely N-dealkylation sites (N-methyl/N-ethyl adjacent to an activating group) is 1. The molecule has 0 aromatic heterocycles. The molecule has 0 bridgehead atoms. The molecule has 1 rings (SSSR count). The first-order valence-electron chi connectivity index (χ1n) is 6.00. The average Bonchev–Trinajstić information content (AvgIpc) is 2.32. The van der Waals surface area contributed by atoms with Gasteiger partial charge in [0, 0.05) is 18.8 Å². The van der Waals surface area contributed by atoms with Crippen LogP contribution in [0.3, 0.4) is 0 Å². The van der Waals surface area contributed by atoms with E-state index in [2.05, 4.69) is 24.8 Å². The second kappa shape index (κ2) is 6.51. The molecule has 90 valence electrons. The molecular weight excluding hydrogens is 198 g/mol. The Labute approximate surface area is 98.4 Å². The van der Waals surface area contributed by atoms with Crippen LogP contribution >= 0.6 is 0 Å². The molecule has 0 heterocycles. The number of hydrogen-bond acceptors (Lipinski definition) is 3. The van der Waals surface area contributed by atoms with Crippen molar-refractivity contribution in [3.8, 4) is 0 Å². The van der Waals surface area contributed by atoms with Gasteiger partial charge >= 0.3 is 0 Å². The molecule has 0 saturated heterocycles. The van der Waals surface area contributed by atoms with E-state index in [1.807, 2.05) is 12.1 Å². The van der Waals surface area contributed by atoms with Crippen molar-refractivity contribution < 1.29 is 0 Å². The first-order valence-corrected chi connectivity index (χ1v) is 6.00. The van der Waals surface area contributed by atoms with Gasteiger partial charge in [0.05, 0.1) is 0 Å². The van der Waals surface area contributed by atoms with Crippen molar-refractivity contribution in [3.05, 3.63) is 29.3 Å². The van der Waals surface area contributed by atoms with Gasteiger partial charge < -0.3 is 16.4 Å². The predicted octanol–water partition coefficient (Wildman–Crippen LogP) is 1.61. The molecule has 0 unspecified atom stereocenters. The summed E-state index contributed by atoms with van der Waals surface area (Å²) in [6, 6.07) is 6.08. The molecule has 0 fully saturated rings. The zero-order valence-corrected chi connectivity index (χ0v) is 10.4. The summed E-state index contributed by atoms with van der Waals surface area (Å²) in [6.45, 7) is 8.19. The van der Waals surface area contributed by atoms with Gasteiger partial charge in [-0.3, -0.25) is 0 Å². The summed E-state index contributed by atoms with van der Waals surface area (Å²) < 4.78 is 0. The van der Waals surface area contributed by atoms with E-state index in [0.29, 0.717) is 6.54 Å². The highest BCUT2D eigenvalue weighted by Gasteiger charge is 2.03. The lowest BCUT2D eigenvalue weighted by Crippen LogP contribution is -2.25. The van der Waals surface area contributed by atoms with Crippen molar-refractivity contribution in [2.24, 2.45) is 5.73 Å². The van der Waals surface area contributed by atoms with Crippen LogP contribution in [0.1, 0.15) is 25.0 Å². The molecule has 3 nitrogen and oxygen atoms in total. The fourth-order valence-corrected chi connectivity index (χ4v) is 1.82. The Morgan fingerprint density at radius 2 is 1.88 bits per heavy atom. The summed E-state index contributed by atoms with van der Waals surface area (Å²) in [5.74, 6) is 0. The van der Waals surface area contributed by atoms with Gasteiger partial charge in [-0.1, -0.05) is 26.0 Å². The van der Waals surface area contributed by atoms with Gasteiger partial charge in [-0.2, -0.15) is 0 Å². The summed E-state index contributed by atoms with van der Waals surface area (Å²) in [7, 11) is 0. The van der Waals surface area contributed by atoms with Crippen molar-refractivity contribution >= 4 is 5.69 Å². The third-order valence-corrected chi connectivity index (χ3v) is 3.03. The van der Waals surface area contributed by atoms with Crippen LogP contribution in [0.25, 0.3) is 0 Å². The molecule has 0 aliphatic heterocycles. The lowest BCUT2D eigenvalue weighted by atomic mass is 10.1. The number of nitrogen functional groups attached to an aromatic ring is 1. The van der Waals surface area contributed by atoms with E-state index in [1.165, 1.54) is 5.56 Å². The maximum atomic E-state index is 5.95. The van der Waals surface area contributed by atoms with Gasteiger partial charge in [-0.25, -0.2) is 0 Å². The molecule has 1 aromatic rings. The third-order valence-electron chi connectivity index (χ3n) is 3.03. The highest BCUT2D eigenvalue weighted by molar-refractivity contribution is 5.48. The van der Waals surface area contributed by atoms with Crippen molar-refractivity contribution in [2.75, 3.05) is 25.4 Å². The number of hydrogen-bond donors (Lipinski definition) is 2. The van der Waals surface area contributed by atoms with Gasteiger partial charge in [-0.05, 0) is 36.7 Å². The summed E-state index contributed by atoms with van der Waals surface area (Å²) >= 11 is 0. The van der Waals surface area contributed by atoms with Gasteiger partial charge in [0.15, 0.2) is 0 Å². The van der Waals surface area contributed by atoms with Crippen LogP contribution in [-0.2, 0) is 13.0 Å². The van der Waals surface area contributed by atoms with Gasteiger partial charge in [0.1, 0.15) is 0 Å². The Morgan fingerprint density at radius 3 is 2.44 bits per heavy atom. The second-order valence-electron chi connectivity index (χ2n) is 4.01. The Balaban J connectivity index is 2.65. The Morgan fingerprint density at radius 1 is 1.19 bits per heavy atom. The van der Waals surface area contributed by atoms with E-state index < -0.39 is 0 Å². The number of anilines is 1. The van der Waals surface area contributed by atoms with Crippen LogP contribution in [0.5, 0.6) is 0 Å². The lowest BCUT2D eigenvalue weighted by Gasteiger charge is -2.18. The molecule has 0 spiro atoms. The van der Waals surface area contributed by atoms with Gasteiger partial charge in [-0.15, -0.1) is 0 Å². The fraction of sp³-hybridized carbons (Fsp3) is 0.538. The summed E-state index contributed by atoms with van der Waals surface area (Å²) in [6.07, 6.45) is 1.00. The zero-order chi connectivity index (χ0) is 12.0. The first-order chi connectivity index (χ1) is 7.71. The van der Waals surface area contributed by atoms with E-state index in [-0.39, 0.29) is 0 Å². The maximum Gasteiger partial charge on any atom is 0.0347 e. The quantitative estimate of drug-likeness (QED) is 0.718. The van der Waals surface area contributed by atoms with Crippen LogP contribution in [0.2, 0.25) is 0 Å². The average molecular weight is 221 g/mol. The molecule has 0 aliphatic carbocycles. The van der Waals surface area contributed by atoms with Crippen molar-refractivity contribution in [3.63, 3.8) is 0 Å². The minimum atomic E-state index is 0.582. The molecule has 4 N–H and O–H groups in total. The third kappa shape index (κ3) is 3.51. The minimum Gasteiger partial charge on any atom is -0.399 e. The van der Waals surface area contributed by atoms with Gasteiger partial charge in [0.25, 0.3) is 0 Å². The van der Waals surface area contributed by atoms with E-state index in [0.717, 1.165) is 37.3 Å². The normalized spacial score (nSPS) is 11.0. The van der Waals surface area contributed by atoms with Crippen molar-refractivity contribution in [2.45, 2.75) is 26.8 Å². The highest BCUT2D eigenvalue weighted by atomic mass is 15.1. The number of nitrogens with two attached hydrogens (primary N) is 2. The highest BCUT2D eigenvalue weighted by Crippen LogP contribution is 2.15. The maximum absolute atomic E-state index is 5.95. The van der Waals surface area contributed by atoms with Gasteiger partial charge in [0.2, 0.25) is 0 Å². The van der Waals surface area contributed by atoms with Crippen LogP contribution in [0.15, 0.2) is 18.2 Å². The molecule has 0 aliphatic rings. The fourth-order valence-electron chi connectivity index (χ4n) is 1.82. The molecular formula is C13H23N3. The lowest BCUT2D eigenvalue weighted by molar-refractivity contribution is 0.308. The number of nitrogens with zero attached hydrogens (tertiary/aromatic N) is 1. The number of rotatable bonds is 6. The van der Waals surface area contributed by atoms with E-state index in [4.69, 9.17) is 11.5 Å². The Bertz CT molecular complexity index is 319. The molecule has 0 saturated carbocycles. The largest absolute Gasteiger partial charge is 0.399 e.